The van der Waals surface area contributed by atoms with Gasteiger partial charge in [0.1, 0.15) is 4.21 Å². The molecule has 5 rings (SSSR count). The van der Waals surface area contributed by atoms with Gasteiger partial charge in [-0.15, -0.1) is 11.3 Å². The van der Waals surface area contributed by atoms with Gasteiger partial charge in [-0.25, -0.2) is 8.42 Å². The average molecular weight is 510 g/mol. The number of piperazine rings is 1. The van der Waals surface area contributed by atoms with Crippen molar-refractivity contribution in [3.05, 3.63) is 82.7 Å². The first-order valence-corrected chi connectivity index (χ1v) is 14.4. The van der Waals surface area contributed by atoms with Crippen molar-refractivity contribution in [3.8, 4) is 0 Å². The number of hydrogen-bond acceptors (Lipinski definition) is 5. The Bertz CT molecular complexity index is 1280. The van der Waals surface area contributed by atoms with Gasteiger partial charge in [-0.05, 0) is 42.5 Å². The third-order valence-electron chi connectivity index (χ3n) is 7.20. The van der Waals surface area contributed by atoms with Crippen molar-refractivity contribution in [3.63, 3.8) is 0 Å². The van der Waals surface area contributed by atoms with E-state index in [-0.39, 0.29) is 24.3 Å². The summed E-state index contributed by atoms with van der Waals surface area (Å²) >= 11 is 1.22. The lowest BCUT2D eigenvalue weighted by Crippen LogP contribution is -2.51. The Morgan fingerprint density at radius 2 is 1.66 bits per heavy atom. The van der Waals surface area contributed by atoms with Crippen LogP contribution < -0.4 is 4.90 Å². The molecule has 8 heteroatoms. The van der Waals surface area contributed by atoms with E-state index in [1.54, 1.807) is 17.5 Å². The van der Waals surface area contributed by atoms with Crippen LogP contribution in [0.3, 0.4) is 0 Å². The Morgan fingerprint density at radius 3 is 2.31 bits per heavy atom. The second-order valence-corrected chi connectivity index (χ2v) is 12.6. The molecule has 0 aliphatic carbocycles. The van der Waals surface area contributed by atoms with Gasteiger partial charge in [0.15, 0.2) is 0 Å². The third-order valence-corrected chi connectivity index (χ3v) is 10.4. The van der Waals surface area contributed by atoms with Crippen LogP contribution in [0.15, 0.2) is 70.3 Å². The molecular formula is C27H31N3O3S2. The smallest absolute Gasteiger partial charge is 0.252 e. The van der Waals surface area contributed by atoms with E-state index in [0.717, 1.165) is 18.7 Å². The van der Waals surface area contributed by atoms with Crippen LogP contribution in [0.25, 0.3) is 0 Å². The summed E-state index contributed by atoms with van der Waals surface area (Å²) in [5.41, 5.74) is 4.73. The molecule has 2 aromatic carbocycles. The lowest BCUT2D eigenvalue weighted by Gasteiger charge is -2.38. The first-order valence-electron chi connectivity index (χ1n) is 12.0. The molecule has 1 aromatic heterocycles. The third kappa shape index (κ3) is 4.75. The van der Waals surface area contributed by atoms with Gasteiger partial charge < -0.3 is 9.80 Å². The molecule has 0 N–H and O–H groups in total. The minimum absolute atomic E-state index is 0.0583. The van der Waals surface area contributed by atoms with Crippen LogP contribution in [0.5, 0.6) is 0 Å². The van der Waals surface area contributed by atoms with E-state index in [2.05, 4.69) is 36.9 Å². The molecule has 2 aliphatic heterocycles. The monoisotopic (exact) mass is 509 g/mol. The molecule has 2 aliphatic rings. The molecule has 2 saturated heterocycles. The Hall–Kier alpha value is -2.68. The molecule has 0 bridgehead atoms. The zero-order valence-electron chi connectivity index (χ0n) is 20.1. The highest BCUT2D eigenvalue weighted by Gasteiger charge is 2.45. The zero-order valence-corrected chi connectivity index (χ0v) is 21.8. The van der Waals surface area contributed by atoms with Crippen molar-refractivity contribution < 1.29 is 13.2 Å². The van der Waals surface area contributed by atoms with Crippen molar-refractivity contribution in [2.45, 2.75) is 24.0 Å². The number of carbonyl (C=O) groups excluding carboxylic acids is 1. The minimum Gasteiger partial charge on any atom is -0.368 e. The topological polar surface area (TPSA) is 60.9 Å². The molecular weight excluding hydrogens is 478 g/mol. The fraction of sp³-hybridized carbons (Fsp3) is 0.370. The molecule has 0 radical (unpaired) electrons. The number of anilines is 1. The molecule has 2 fully saturated rings. The predicted octanol–water partition coefficient (Wildman–Crippen LogP) is 4.12. The molecule has 3 heterocycles. The van der Waals surface area contributed by atoms with Gasteiger partial charge in [0, 0.05) is 50.9 Å². The standard InChI is InChI=1S/C27H31N3O3S2/c1-20-10-11-25(21(2)17-20)28-12-14-29(15-13-28)27(31)24-19-30(35(32,33)26-9-6-16-34-26)18-23(24)22-7-4-3-5-8-22/h3-11,16-17,23-24H,12-15,18-19H2,1-2H3. The van der Waals surface area contributed by atoms with E-state index >= 15 is 0 Å². The quantitative estimate of drug-likeness (QED) is 0.519. The van der Waals surface area contributed by atoms with Gasteiger partial charge in [-0.2, -0.15) is 4.31 Å². The summed E-state index contributed by atoms with van der Waals surface area (Å²) in [5.74, 6) is -0.487. The Balaban J connectivity index is 1.34. The normalized spacial score (nSPS) is 21.4. The second-order valence-electron chi connectivity index (χ2n) is 9.48. The Labute approximate surface area is 211 Å². The molecule has 1 amide bonds. The molecule has 0 spiro atoms. The lowest BCUT2D eigenvalue weighted by molar-refractivity contribution is -0.135. The number of thiophene rings is 1. The number of nitrogens with zero attached hydrogens (tertiary/aromatic N) is 3. The molecule has 2 atom stereocenters. The predicted molar refractivity (Wildman–Crippen MR) is 140 cm³/mol. The number of sulfonamides is 1. The van der Waals surface area contributed by atoms with Crippen molar-refractivity contribution in [2.24, 2.45) is 5.92 Å². The summed E-state index contributed by atoms with van der Waals surface area (Å²) < 4.78 is 28.4. The summed E-state index contributed by atoms with van der Waals surface area (Å²) in [5, 5.41) is 1.77. The van der Waals surface area contributed by atoms with Gasteiger partial charge in [0.2, 0.25) is 5.91 Å². The molecule has 2 unspecified atom stereocenters. The van der Waals surface area contributed by atoms with Crippen molar-refractivity contribution in [1.82, 2.24) is 9.21 Å². The van der Waals surface area contributed by atoms with E-state index in [0.29, 0.717) is 23.8 Å². The van der Waals surface area contributed by atoms with Crippen LogP contribution in [-0.4, -0.2) is 62.8 Å². The number of hydrogen-bond donors (Lipinski definition) is 0. The molecule has 35 heavy (non-hydrogen) atoms. The zero-order chi connectivity index (χ0) is 24.6. The highest BCUT2D eigenvalue weighted by atomic mass is 32.2. The van der Waals surface area contributed by atoms with Crippen LogP contribution in [0, 0.1) is 19.8 Å². The van der Waals surface area contributed by atoms with Gasteiger partial charge >= 0.3 is 0 Å². The van der Waals surface area contributed by atoms with E-state index < -0.39 is 10.0 Å². The van der Waals surface area contributed by atoms with Crippen LogP contribution >= 0.6 is 11.3 Å². The van der Waals surface area contributed by atoms with Gasteiger partial charge in [0.05, 0.1) is 5.92 Å². The summed E-state index contributed by atoms with van der Waals surface area (Å²) in [6, 6.07) is 19.7. The molecule has 3 aromatic rings. The van der Waals surface area contributed by atoms with Crippen LogP contribution in [-0.2, 0) is 14.8 Å². The van der Waals surface area contributed by atoms with Gasteiger partial charge in [0.25, 0.3) is 10.0 Å². The highest BCUT2D eigenvalue weighted by Crippen LogP contribution is 2.38. The van der Waals surface area contributed by atoms with Gasteiger partial charge in [-0.1, -0.05) is 54.1 Å². The maximum atomic E-state index is 13.8. The van der Waals surface area contributed by atoms with Crippen molar-refractivity contribution >= 4 is 33.0 Å². The maximum Gasteiger partial charge on any atom is 0.252 e. The van der Waals surface area contributed by atoms with Crippen molar-refractivity contribution in [2.75, 3.05) is 44.2 Å². The van der Waals surface area contributed by atoms with Crippen molar-refractivity contribution in [1.29, 1.82) is 0 Å². The number of benzene rings is 2. The largest absolute Gasteiger partial charge is 0.368 e. The van der Waals surface area contributed by atoms with Crippen LogP contribution in [0.2, 0.25) is 0 Å². The molecule has 184 valence electrons. The Kier molecular flexibility index (Phi) is 6.70. The number of aryl methyl sites for hydroxylation is 2. The minimum atomic E-state index is -3.61. The number of amides is 1. The first-order chi connectivity index (χ1) is 16.8. The van der Waals surface area contributed by atoms with Gasteiger partial charge in [-0.3, -0.25) is 4.79 Å². The Morgan fingerprint density at radius 1 is 0.914 bits per heavy atom. The van der Waals surface area contributed by atoms with E-state index in [1.807, 2.05) is 35.2 Å². The fourth-order valence-corrected chi connectivity index (χ4v) is 7.99. The SMILES string of the molecule is Cc1ccc(N2CCN(C(=O)C3CN(S(=O)(=O)c4cccs4)CC3c3ccccc3)CC2)c(C)c1. The average Bonchev–Trinajstić information content (AvgIpc) is 3.56. The molecule has 0 saturated carbocycles. The highest BCUT2D eigenvalue weighted by molar-refractivity contribution is 7.91. The number of carbonyl (C=O) groups is 1. The summed E-state index contributed by atoms with van der Waals surface area (Å²) in [7, 11) is -3.61. The van der Waals surface area contributed by atoms with E-state index in [9.17, 15) is 13.2 Å². The maximum absolute atomic E-state index is 13.8. The first kappa shape index (κ1) is 24.0. The molecule has 6 nitrogen and oxygen atoms in total. The van der Waals surface area contributed by atoms with E-state index in [1.165, 1.54) is 32.5 Å². The van der Waals surface area contributed by atoms with E-state index in [4.69, 9.17) is 0 Å². The second kappa shape index (κ2) is 9.76. The van der Waals surface area contributed by atoms with Crippen LogP contribution in [0.4, 0.5) is 5.69 Å². The fourth-order valence-electron chi connectivity index (χ4n) is 5.35. The summed E-state index contributed by atoms with van der Waals surface area (Å²) in [6.45, 7) is 7.60. The summed E-state index contributed by atoms with van der Waals surface area (Å²) in [6.07, 6.45) is 0. The lowest BCUT2D eigenvalue weighted by atomic mass is 9.88. The summed E-state index contributed by atoms with van der Waals surface area (Å²) in [4.78, 5) is 18.1. The number of rotatable bonds is 5. The van der Waals surface area contributed by atoms with Crippen LogP contribution in [0.1, 0.15) is 22.6 Å².